The summed E-state index contributed by atoms with van der Waals surface area (Å²) in [5, 5.41) is 14.8. The van der Waals surface area contributed by atoms with Gasteiger partial charge < -0.3 is 30.8 Å². The molecule has 1 aliphatic rings. The lowest BCUT2D eigenvalue weighted by atomic mass is 9.72. The molecule has 2 rings (SSSR count). The van der Waals surface area contributed by atoms with Crippen molar-refractivity contribution in [2.45, 2.75) is 19.3 Å². The van der Waals surface area contributed by atoms with Crippen LogP contribution in [0.5, 0.6) is 5.75 Å². The standard InChI is InChI=1S/C14H18BN3O6/c1-2-23-13(20)9-5-3-4-8-6-10(15(22)24-12(8)9)18-11(19)7-17-14(16)21/h3-5,10,22H,2,6-7H2,1H3,(H,18,19)(H3,16,17,21)/t10-/m0/s1. The number of para-hydroxylation sites is 1. The molecule has 24 heavy (non-hydrogen) atoms. The number of nitrogens with one attached hydrogen (secondary N) is 2. The van der Waals surface area contributed by atoms with Gasteiger partial charge in [0.05, 0.1) is 19.1 Å². The Morgan fingerprint density at radius 2 is 2.21 bits per heavy atom. The molecule has 5 N–H and O–H groups in total. The molecule has 3 amide bonds. The highest BCUT2D eigenvalue weighted by molar-refractivity contribution is 6.47. The average Bonchev–Trinajstić information content (AvgIpc) is 2.53. The van der Waals surface area contributed by atoms with Crippen molar-refractivity contribution in [3.63, 3.8) is 0 Å². The van der Waals surface area contributed by atoms with Crippen molar-refractivity contribution in [3.8, 4) is 5.75 Å². The summed E-state index contributed by atoms with van der Waals surface area (Å²) in [6.07, 6.45) is 0.256. The van der Waals surface area contributed by atoms with Crippen molar-refractivity contribution in [3.05, 3.63) is 29.3 Å². The monoisotopic (exact) mass is 335 g/mol. The Balaban J connectivity index is 2.10. The Bertz CT molecular complexity index is 653. The molecule has 0 saturated heterocycles. The number of fused-ring (bicyclic) bond motifs is 1. The highest BCUT2D eigenvalue weighted by atomic mass is 16.5. The van der Waals surface area contributed by atoms with E-state index < -0.39 is 31.0 Å². The van der Waals surface area contributed by atoms with Crippen LogP contribution in [0.3, 0.4) is 0 Å². The number of hydrogen-bond acceptors (Lipinski definition) is 6. The van der Waals surface area contributed by atoms with Gasteiger partial charge in [0.25, 0.3) is 0 Å². The van der Waals surface area contributed by atoms with E-state index in [1.165, 1.54) is 0 Å². The highest BCUT2D eigenvalue weighted by Crippen LogP contribution is 2.30. The third-order valence-electron chi connectivity index (χ3n) is 3.38. The Morgan fingerprint density at radius 1 is 1.46 bits per heavy atom. The number of esters is 1. The molecule has 0 radical (unpaired) electrons. The van der Waals surface area contributed by atoms with Crippen LogP contribution >= 0.6 is 0 Å². The number of amides is 3. The van der Waals surface area contributed by atoms with Gasteiger partial charge in [0, 0.05) is 0 Å². The van der Waals surface area contributed by atoms with Gasteiger partial charge in [0.15, 0.2) is 0 Å². The first-order valence-electron chi connectivity index (χ1n) is 7.38. The van der Waals surface area contributed by atoms with Crippen LogP contribution in [0.2, 0.25) is 0 Å². The van der Waals surface area contributed by atoms with Gasteiger partial charge in [-0.1, -0.05) is 12.1 Å². The number of rotatable bonds is 5. The molecule has 0 aromatic heterocycles. The largest absolute Gasteiger partial charge is 0.547 e. The molecule has 0 fully saturated rings. The molecular formula is C14H18BN3O6. The van der Waals surface area contributed by atoms with E-state index in [0.717, 1.165) is 0 Å². The van der Waals surface area contributed by atoms with E-state index in [0.29, 0.717) is 5.56 Å². The number of carbonyl (C=O) groups excluding carboxylic acids is 3. The molecule has 1 atom stereocenters. The molecule has 0 aliphatic carbocycles. The van der Waals surface area contributed by atoms with Crippen molar-refractivity contribution in [2.24, 2.45) is 5.73 Å². The lowest BCUT2D eigenvalue weighted by Gasteiger charge is -2.29. The molecule has 0 saturated carbocycles. The van der Waals surface area contributed by atoms with Gasteiger partial charge in [0.1, 0.15) is 11.3 Å². The van der Waals surface area contributed by atoms with Crippen molar-refractivity contribution >= 4 is 25.0 Å². The van der Waals surface area contributed by atoms with E-state index >= 15 is 0 Å². The van der Waals surface area contributed by atoms with Gasteiger partial charge in [-0.15, -0.1) is 0 Å². The summed E-state index contributed by atoms with van der Waals surface area (Å²) in [5.74, 6) is -1.55. The maximum absolute atomic E-state index is 11.9. The predicted octanol–water partition coefficient (Wildman–Crippen LogP) is -1.03. The second kappa shape index (κ2) is 7.69. The van der Waals surface area contributed by atoms with E-state index in [2.05, 4.69) is 10.6 Å². The molecule has 128 valence electrons. The maximum atomic E-state index is 11.9. The number of primary amides is 1. The first-order valence-corrected chi connectivity index (χ1v) is 7.38. The minimum absolute atomic E-state index is 0.216. The number of benzene rings is 1. The van der Waals surface area contributed by atoms with Crippen LogP contribution in [0.1, 0.15) is 22.8 Å². The first-order chi connectivity index (χ1) is 11.4. The van der Waals surface area contributed by atoms with E-state index in [-0.39, 0.29) is 30.9 Å². The van der Waals surface area contributed by atoms with E-state index in [1.54, 1.807) is 25.1 Å². The SMILES string of the molecule is CCOC(=O)c1cccc2c1OB(O)[C@@H](NC(=O)CNC(N)=O)C2. The summed E-state index contributed by atoms with van der Waals surface area (Å²) in [6, 6.07) is 4.11. The lowest BCUT2D eigenvalue weighted by molar-refractivity contribution is -0.120. The topological polar surface area (TPSA) is 140 Å². The fourth-order valence-corrected chi connectivity index (χ4v) is 2.34. The Hall–Kier alpha value is -2.75. The molecule has 0 spiro atoms. The second-order valence-corrected chi connectivity index (χ2v) is 5.12. The van der Waals surface area contributed by atoms with Gasteiger partial charge in [0.2, 0.25) is 5.91 Å². The summed E-state index contributed by atoms with van der Waals surface area (Å²) < 4.78 is 10.4. The molecule has 1 aromatic carbocycles. The molecular weight excluding hydrogens is 317 g/mol. The number of hydrogen-bond donors (Lipinski definition) is 4. The minimum Gasteiger partial charge on any atom is -0.534 e. The zero-order chi connectivity index (χ0) is 17.7. The summed E-state index contributed by atoms with van der Waals surface area (Å²) in [6.45, 7) is 1.60. The number of ether oxygens (including phenoxy) is 1. The van der Waals surface area contributed by atoms with Gasteiger partial charge in [-0.25, -0.2) is 9.59 Å². The van der Waals surface area contributed by atoms with Crippen molar-refractivity contribution in [1.29, 1.82) is 0 Å². The number of urea groups is 1. The Morgan fingerprint density at radius 3 is 2.88 bits per heavy atom. The quantitative estimate of drug-likeness (QED) is 0.401. The van der Waals surface area contributed by atoms with Crippen LogP contribution in [0.25, 0.3) is 0 Å². The molecule has 9 nitrogen and oxygen atoms in total. The Labute approximate surface area is 138 Å². The van der Waals surface area contributed by atoms with Gasteiger partial charge in [-0.05, 0) is 25.0 Å². The smallest absolute Gasteiger partial charge is 0.534 e. The van der Waals surface area contributed by atoms with E-state index in [1.807, 2.05) is 0 Å². The highest BCUT2D eigenvalue weighted by Gasteiger charge is 2.37. The predicted molar refractivity (Wildman–Crippen MR) is 84.2 cm³/mol. The van der Waals surface area contributed by atoms with Crippen molar-refractivity contribution in [1.82, 2.24) is 10.6 Å². The van der Waals surface area contributed by atoms with Crippen LogP contribution in [-0.4, -0.2) is 49.1 Å². The average molecular weight is 335 g/mol. The molecule has 0 bridgehead atoms. The van der Waals surface area contributed by atoms with Gasteiger partial charge in [-0.3, -0.25) is 4.79 Å². The first kappa shape index (κ1) is 17.6. The second-order valence-electron chi connectivity index (χ2n) is 5.12. The third kappa shape index (κ3) is 4.16. The zero-order valence-corrected chi connectivity index (χ0v) is 13.1. The molecule has 1 aromatic rings. The molecule has 1 aliphatic heterocycles. The number of nitrogens with two attached hydrogens (primary N) is 1. The van der Waals surface area contributed by atoms with Crippen molar-refractivity contribution in [2.75, 3.05) is 13.2 Å². The van der Waals surface area contributed by atoms with Crippen LogP contribution < -0.4 is 21.0 Å². The van der Waals surface area contributed by atoms with Crippen LogP contribution in [0, 0.1) is 0 Å². The van der Waals surface area contributed by atoms with Crippen LogP contribution in [-0.2, 0) is 16.0 Å². The number of carbonyl (C=O) groups is 3. The Kier molecular flexibility index (Phi) is 5.64. The van der Waals surface area contributed by atoms with Crippen LogP contribution in [0.15, 0.2) is 18.2 Å². The van der Waals surface area contributed by atoms with Crippen molar-refractivity contribution < 1.29 is 28.8 Å². The fraction of sp³-hybridized carbons (Fsp3) is 0.357. The van der Waals surface area contributed by atoms with Crippen LogP contribution in [0.4, 0.5) is 4.79 Å². The minimum atomic E-state index is -1.34. The molecule has 0 unspecified atom stereocenters. The molecule has 10 heteroatoms. The summed E-state index contributed by atoms with van der Waals surface area (Å²) >= 11 is 0. The third-order valence-corrected chi connectivity index (χ3v) is 3.38. The normalized spacial score (nSPS) is 15.8. The summed E-state index contributed by atoms with van der Waals surface area (Å²) in [4.78, 5) is 34.2. The van der Waals surface area contributed by atoms with Gasteiger partial charge >= 0.3 is 19.1 Å². The lowest BCUT2D eigenvalue weighted by Crippen LogP contribution is -2.55. The van der Waals surface area contributed by atoms with E-state index in [4.69, 9.17) is 15.1 Å². The van der Waals surface area contributed by atoms with E-state index in [9.17, 15) is 19.4 Å². The zero-order valence-electron chi connectivity index (χ0n) is 13.1. The fourth-order valence-electron chi connectivity index (χ4n) is 2.34. The summed E-state index contributed by atoms with van der Waals surface area (Å²) in [5.41, 5.74) is 5.75. The maximum Gasteiger partial charge on any atom is 0.547 e. The van der Waals surface area contributed by atoms with Gasteiger partial charge in [-0.2, -0.15) is 0 Å². The molecule has 1 heterocycles. The summed E-state index contributed by atoms with van der Waals surface area (Å²) in [7, 11) is -1.34.